The molecule has 140 valence electrons. The molecule has 0 aromatic heterocycles. The van der Waals surface area contributed by atoms with E-state index in [0.29, 0.717) is 5.92 Å². The topological polar surface area (TPSA) is 81.5 Å². The minimum absolute atomic E-state index is 0.0214. The lowest BCUT2D eigenvalue weighted by Crippen LogP contribution is -2.48. The zero-order chi connectivity index (χ0) is 18.9. The van der Waals surface area contributed by atoms with Crippen molar-refractivity contribution in [2.45, 2.75) is 44.0 Å². The van der Waals surface area contributed by atoms with Gasteiger partial charge >= 0.3 is 0 Å². The zero-order valence-electron chi connectivity index (χ0n) is 15.3. The van der Waals surface area contributed by atoms with Crippen molar-refractivity contribution >= 4 is 15.9 Å². The summed E-state index contributed by atoms with van der Waals surface area (Å²) in [4.78, 5) is 14.6. The van der Waals surface area contributed by atoms with Crippen LogP contribution in [0.1, 0.15) is 38.7 Å². The van der Waals surface area contributed by atoms with Crippen LogP contribution in [0.5, 0.6) is 0 Å². The molecule has 0 radical (unpaired) electrons. The minimum atomic E-state index is -3.82. The predicted molar refractivity (Wildman–Crippen MR) is 97.6 cm³/mol. The normalized spacial score (nSPS) is 22.3. The van der Waals surface area contributed by atoms with Crippen LogP contribution in [0.3, 0.4) is 0 Å². The summed E-state index contributed by atoms with van der Waals surface area (Å²) in [7, 11) is -3.82. The van der Waals surface area contributed by atoms with Crippen molar-refractivity contribution in [3.63, 3.8) is 0 Å². The Morgan fingerprint density at radius 1 is 1.27 bits per heavy atom. The van der Waals surface area contributed by atoms with Crippen LogP contribution in [0.4, 0.5) is 0 Å². The quantitative estimate of drug-likeness (QED) is 0.790. The third kappa shape index (κ3) is 3.76. The second-order valence-corrected chi connectivity index (χ2v) is 9.43. The summed E-state index contributed by atoms with van der Waals surface area (Å²) in [5.41, 5.74) is 0.138. The first kappa shape index (κ1) is 18.9. The maximum absolute atomic E-state index is 13.2. The van der Waals surface area contributed by atoms with Gasteiger partial charge in [0.25, 0.3) is 0 Å². The molecular weight excluding hydrogens is 350 g/mol. The Labute approximate surface area is 155 Å². The molecule has 0 spiro atoms. The van der Waals surface area contributed by atoms with E-state index in [4.69, 9.17) is 0 Å². The number of nitriles is 1. The Hall–Kier alpha value is -1.91. The van der Waals surface area contributed by atoms with E-state index in [-0.39, 0.29) is 47.8 Å². The van der Waals surface area contributed by atoms with Crippen LogP contribution < -0.4 is 0 Å². The first-order valence-corrected chi connectivity index (χ1v) is 10.6. The van der Waals surface area contributed by atoms with Gasteiger partial charge in [-0.15, -0.1) is 0 Å². The molecule has 1 atom stereocenters. The molecule has 0 bridgehead atoms. The van der Waals surface area contributed by atoms with Crippen LogP contribution in [0.25, 0.3) is 0 Å². The van der Waals surface area contributed by atoms with E-state index in [0.717, 1.165) is 19.4 Å². The fraction of sp³-hybridized carbons (Fsp3) is 0.579. The van der Waals surface area contributed by atoms with Crippen molar-refractivity contribution in [3.8, 4) is 6.07 Å². The highest BCUT2D eigenvalue weighted by atomic mass is 32.2. The Balaban J connectivity index is 1.92. The van der Waals surface area contributed by atoms with Gasteiger partial charge in [-0.1, -0.05) is 26.0 Å². The molecule has 1 saturated carbocycles. The molecule has 0 N–H and O–H groups in total. The van der Waals surface area contributed by atoms with Gasteiger partial charge in [-0.05, 0) is 36.8 Å². The van der Waals surface area contributed by atoms with Crippen molar-refractivity contribution in [1.29, 1.82) is 5.26 Å². The molecule has 1 aromatic carbocycles. The van der Waals surface area contributed by atoms with E-state index in [1.807, 2.05) is 24.8 Å². The number of nitrogens with zero attached hydrogens (tertiary/aromatic N) is 3. The first-order chi connectivity index (χ1) is 12.3. The number of amides is 1. The molecule has 2 fully saturated rings. The fourth-order valence-corrected chi connectivity index (χ4v) is 5.08. The Kier molecular flexibility index (Phi) is 5.35. The Bertz CT molecular complexity index is 825. The van der Waals surface area contributed by atoms with Gasteiger partial charge < -0.3 is 4.90 Å². The maximum atomic E-state index is 13.2. The standard InChI is InChI=1S/C19H25N3O3S/c1-14(2)17-13-21(10-9-19(23)22(17)12-15-7-8-15)26(24,25)18-6-4-3-5-16(18)11-20/h3-6,14-15,17H,7-10,12-13H2,1-2H3. The van der Waals surface area contributed by atoms with Crippen LogP contribution in [-0.4, -0.2) is 49.2 Å². The molecule has 1 aliphatic heterocycles. The summed E-state index contributed by atoms with van der Waals surface area (Å²) in [5.74, 6) is 0.740. The summed E-state index contributed by atoms with van der Waals surface area (Å²) in [6.45, 7) is 5.21. The van der Waals surface area contributed by atoms with E-state index in [1.165, 1.54) is 16.4 Å². The highest BCUT2D eigenvalue weighted by Gasteiger charge is 2.39. The molecule has 1 heterocycles. The van der Waals surface area contributed by atoms with Crippen molar-refractivity contribution in [3.05, 3.63) is 29.8 Å². The van der Waals surface area contributed by atoms with Crippen LogP contribution in [-0.2, 0) is 14.8 Å². The largest absolute Gasteiger partial charge is 0.338 e. The smallest absolute Gasteiger partial charge is 0.244 e. The van der Waals surface area contributed by atoms with Crippen LogP contribution in [0.2, 0.25) is 0 Å². The molecule has 1 amide bonds. The van der Waals surface area contributed by atoms with Crippen LogP contribution in [0, 0.1) is 23.2 Å². The molecule has 1 unspecified atom stereocenters. The minimum Gasteiger partial charge on any atom is -0.338 e. The molecule has 1 saturated heterocycles. The average Bonchev–Trinajstić information content (AvgIpc) is 3.44. The van der Waals surface area contributed by atoms with Gasteiger partial charge in [-0.25, -0.2) is 8.42 Å². The zero-order valence-corrected chi connectivity index (χ0v) is 16.1. The Morgan fingerprint density at radius 2 is 1.96 bits per heavy atom. The van der Waals surface area contributed by atoms with Crippen molar-refractivity contribution in [2.75, 3.05) is 19.6 Å². The van der Waals surface area contributed by atoms with E-state index in [1.54, 1.807) is 12.1 Å². The van der Waals surface area contributed by atoms with Crippen molar-refractivity contribution in [2.24, 2.45) is 11.8 Å². The predicted octanol–water partition coefficient (Wildman–Crippen LogP) is 2.22. The third-order valence-corrected chi connectivity index (χ3v) is 7.16. The van der Waals surface area contributed by atoms with Crippen LogP contribution >= 0.6 is 0 Å². The van der Waals surface area contributed by atoms with Crippen molar-refractivity contribution in [1.82, 2.24) is 9.21 Å². The van der Waals surface area contributed by atoms with E-state index < -0.39 is 10.0 Å². The maximum Gasteiger partial charge on any atom is 0.244 e. The molecule has 7 heteroatoms. The molecular formula is C19H25N3O3S. The SMILES string of the molecule is CC(C)C1CN(S(=O)(=O)c2ccccc2C#N)CCC(=O)N1CC1CC1. The number of hydrogen-bond acceptors (Lipinski definition) is 4. The number of carbonyl (C=O) groups is 1. The fourth-order valence-electron chi connectivity index (χ4n) is 3.48. The highest BCUT2D eigenvalue weighted by molar-refractivity contribution is 7.89. The number of sulfonamides is 1. The second-order valence-electron chi connectivity index (χ2n) is 7.52. The van der Waals surface area contributed by atoms with Gasteiger partial charge in [-0.3, -0.25) is 4.79 Å². The molecule has 1 aliphatic carbocycles. The second kappa shape index (κ2) is 7.37. The summed E-state index contributed by atoms with van der Waals surface area (Å²) in [5, 5.41) is 9.27. The third-order valence-electron chi connectivity index (χ3n) is 5.23. The van der Waals surface area contributed by atoms with Gasteiger partial charge in [0.05, 0.1) is 10.5 Å². The van der Waals surface area contributed by atoms with Gasteiger partial charge in [-0.2, -0.15) is 9.57 Å². The molecule has 26 heavy (non-hydrogen) atoms. The van der Waals surface area contributed by atoms with E-state index in [2.05, 4.69) is 0 Å². The highest BCUT2D eigenvalue weighted by Crippen LogP contribution is 2.33. The van der Waals surface area contributed by atoms with Gasteiger partial charge in [0.2, 0.25) is 15.9 Å². The Morgan fingerprint density at radius 3 is 2.58 bits per heavy atom. The first-order valence-electron chi connectivity index (χ1n) is 9.13. The van der Waals surface area contributed by atoms with Crippen molar-refractivity contribution < 1.29 is 13.2 Å². The monoisotopic (exact) mass is 375 g/mol. The molecule has 3 rings (SSSR count). The summed E-state index contributed by atoms with van der Waals surface area (Å²) in [6, 6.07) is 8.06. The number of benzene rings is 1. The van der Waals surface area contributed by atoms with Gasteiger partial charge in [0, 0.05) is 32.1 Å². The lowest BCUT2D eigenvalue weighted by atomic mass is 10.0. The lowest BCUT2D eigenvalue weighted by molar-refractivity contribution is -0.133. The molecule has 1 aromatic rings. The molecule has 6 nitrogen and oxygen atoms in total. The summed E-state index contributed by atoms with van der Waals surface area (Å²) >= 11 is 0. The number of rotatable bonds is 5. The average molecular weight is 375 g/mol. The van der Waals surface area contributed by atoms with Crippen LogP contribution in [0.15, 0.2) is 29.2 Å². The van der Waals surface area contributed by atoms with E-state index >= 15 is 0 Å². The molecule has 2 aliphatic rings. The summed E-state index contributed by atoms with van der Waals surface area (Å²) < 4.78 is 27.7. The summed E-state index contributed by atoms with van der Waals surface area (Å²) in [6.07, 6.45) is 2.47. The number of carbonyl (C=O) groups excluding carboxylic acids is 1. The lowest BCUT2D eigenvalue weighted by Gasteiger charge is -2.34. The van der Waals surface area contributed by atoms with E-state index in [9.17, 15) is 18.5 Å². The van der Waals surface area contributed by atoms with Gasteiger partial charge in [0.15, 0.2) is 0 Å². The van der Waals surface area contributed by atoms with Gasteiger partial charge in [0.1, 0.15) is 6.07 Å². The number of hydrogen-bond donors (Lipinski definition) is 0.